The molecule has 1 unspecified atom stereocenters. The Kier molecular flexibility index (Phi) is 4.73. The van der Waals surface area contributed by atoms with Crippen LogP contribution in [0, 0.1) is 5.92 Å². The first-order chi connectivity index (χ1) is 9.95. The first-order valence-corrected chi connectivity index (χ1v) is 7.41. The predicted octanol–water partition coefficient (Wildman–Crippen LogP) is 4.87. The van der Waals surface area contributed by atoms with E-state index in [4.69, 9.17) is 5.73 Å². The molecule has 2 aromatic rings. The van der Waals surface area contributed by atoms with E-state index in [0.29, 0.717) is 11.8 Å². The summed E-state index contributed by atoms with van der Waals surface area (Å²) in [5, 5.41) is 12.7. The molecule has 2 aromatic carbocycles. The molecule has 0 amide bonds. The van der Waals surface area contributed by atoms with Crippen LogP contribution in [0.3, 0.4) is 0 Å². The van der Waals surface area contributed by atoms with Crippen LogP contribution in [0.4, 0.5) is 17.1 Å². The maximum atomic E-state index is 9.32. The smallest absolute Gasteiger partial charge is 0.115 e. The van der Waals surface area contributed by atoms with Gasteiger partial charge in [-0.2, -0.15) is 0 Å². The molecular weight excluding hydrogens is 260 g/mol. The normalized spacial score (nSPS) is 12.4. The number of hydrogen-bond donors (Lipinski definition) is 3. The first kappa shape index (κ1) is 15.2. The van der Waals surface area contributed by atoms with Gasteiger partial charge in [0.25, 0.3) is 0 Å². The van der Waals surface area contributed by atoms with Gasteiger partial charge in [-0.3, -0.25) is 0 Å². The molecule has 0 heterocycles. The van der Waals surface area contributed by atoms with Crippen LogP contribution in [0.1, 0.15) is 38.7 Å². The van der Waals surface area contributed by atoms with Crippen LogP contribution in [0.5, 0.6) is 5.75 Å². The van der Waals surface area contributed by atoms with Crippen LogP contribution in [0.15, 0.2) is 42.5 Å². The highest BCUT2D eigenvalue weighted by Crippen LogP contribution is 2.31. The van der Waals surface area contributed by atoms with Crippen molar-refractivity contribution in [2.45, 2.75) is 33.1 Å². The molecule has 0 bridgehead atoms. The van der Waals surface area contributed by atoms with E-state index < -0.39 is 0 Å². The van der Waals surface area contributed by atoms with E-state index in [0.717, 1.165) is 23.5 Å². The van der Waals surface area contributed by atoms with Gasteiger partial charge >= 0.3 is 0 Å². The summed E-state index contributed by atoms with van der Waals surface area (Å²) < 4.78 is 0. The van der Waals surface area contributed by atoms with E-state index in [9.17, 15) is 5.11 Å². The van der Waals surface area contributed by atoms with Gasteiger partial charge in [-0.05, 0) is 66.3 Å². The highest BCUT2D eigenvalue weighted by Gasteiger charge is 2.12. The van der Waals surface area contributed by atoms with Gasteiger partial charge < -0.3 is 16.2 Å². The highest BCUT2D eigenvalue weighted by molar-refractivity contribution is 5.65. The van der Waals surface area contributed by atoms with Gasteiger partial charge in [0.1, 0.15) is 5.75 Å². The van der Waals surface area contributed by atoms with Gasteiger partial charge in [0.15, 0.2) is 0 Å². The number of hydrogen-bond acceptors (Lipinski definition) is 3. The number of benzene rings is 2. The molecule has 3 heteroatoms. The average molecular weight is 284 g/mol. The van der Waals surface area contributed by atoms with Gasteiger partial charge in [0.2, 0.25) is 0 Å². The van der Waals surface area contributed by atoms with Crippen molar-refractivity contribution in [1.29, 1.82) is 0 Å². The summed E-state index contributed by atoms with van der Waals surface area (Å²) in [7, 11) is 0. The Morgan fingerprint density at radius 2 is 1.62 bits per heavy atom. The SMILES string of the molecule is CC(C)CC(C)c1cc(Nc2ccc(O)cc2)ccc1N. The van der Waals surface area contributed by atoms with Crippen LogP contribution < -0.4 is 11.1 Å². The van der Waals surface area contributed by atoms with E-state index >= 15 is 0 Å². The molecule has 0 aromatic heterocycles. The van der Waals surface area contributed by atoms with Crippen LogP contribution >= 0.6 is 0 Å². The van der Waals surface area contributed by atoms with Crippen LogP contribution in [0.25, 0.3) is 0 Å². The second-order valence-corrected chi connectivity index (χ2v) is 6.05. The molecule has 3 nitrogen and oxygen atoms in total. The third-order valence-electron chi connectivity index (χ3n) is 3.60. The molecule has 0 saturated heterocycles. The zero-order valence-corrected chi connectivity index (χ0v) is 12.9. The fraction of sp³-hybridized carbons (Fsp3) is 0.333. The van der Waals surface area contributed by atoms with E-state index in [1.807, 2.05) is 24.3 Å². The molecule has 0 saturated carbocycles. The maximum absolute atomic E-state index is 9.32. The minimum Gasteiger partial charge on any atom is -0.508 e. The van der Waals surface area contributed by atoms with Crippen molar-refractivity contribution in [2.75, 3.05) is 11.1 Å². The largest absolute Gasteiger partial charge is 0.508 e. The third-order valence-corrected chi connectivity index (χ3v) is 3.60. The zero-order chi connectivity index (χ0) is 15.4. The van der Waals surface area contributed by atoms with Crippen molar-refractivity contribution < 1.29 is 5.11 Å². The van der Waals surface area contributed by atoms with Gasteiger partial charge in [0.05, 0.1) is 0 Å². The van der Waals surface area contributed by atoms with Crippen molar-refractivity contribution in [1.82, 2.24) is 0 Å². The molecule has 0 spiro atoms. The van der Waals surface area contributed by atoms with Gasteiger partial charge in [-0.25, -0.2) is 0 Å². The lowest BCUT2D eigenvalue weighted by molar-refractivity contribution is 0.475. The number of anilines is 3. The first-order valence-electron chi connectivity index (χ1n) is 7.41. The lowest BCUT2D eigenvalue weighted by Crippen LogP contribution is -2.04. The Balaban J connectivity index is 2.19. The molecule has 0 aliphatic rings. The number of nitrogens with one attached hydrogen (secondary N) is 1. The predicted molar refractivity (Wildman–Crippen MR) is 90.1 cm³/mol. The molecule has 0 radical (unpaired) electrons. The fourth-order valence-corrected chi connectivity index (χ4v) is 2.62. The Hall–Kier alpha value is -2.16. The minimum absolute atomic E-state index is 0.268. The van der Waals surface area contributed by atoms with Crippen molar-refractivity contribution in [3.8, 4) is 5.75 Å². The van der Waals surface area contributed by atoms with Crippen molar-refractivity contribution in [2.24, 2.45) is 5.92 Å². The summed E-state index contributed by atoms with van der Waals surface area (Å²) in [4.78, 5) is 0. The standard InChI is InChI=1S/C18H24N2O/c1-12(2)10-13(3)17-11-15(6-9-18(17)19)20-14-4-7-16(21)8-5-14/h4-9,11-13,20-21H,10,19H2,1-3H3. The van der Waals surface area contributed by atoms with Crippen molar-refractivity contribution >= 4 is 17.1 Å². The number of nitrogen functional groups attached to an aromatic ring is 1. The monoisotopic (exact) mass is 284 g/mol. The van der Waals surface area contributed by atoms with Crippen molar-refractivity contribution in [3.63, 3.8) is 0 Å². The average Bonchev–Trinajstić information content (AvgIpc) is 2.42. The molecular formula is C18H24N2O. The summed E-state index contributed by atoms with van der Waals surface area (Å²) in [5.74, 6) is 1.35. The van der Waals surface area contributed by atoms with Gasteiger partial charge in [-0.15, -0.1) is 0 Å². The van der Waals surface area contributed by atoms with E-state index in [1.165, 1.54) is 5.56 Å². The van der Waals surface area contributed by atoms with Gasteiger partial charge in [0, 0.05) is 17.1 Å². The Morgan fingerprint density at radius 1 is 1.00 bits per heavy atom. The van der Waals surface area contributed by atoms with E-state index in [1.54, 1.807) is 12.1 Å². The molecule has 21 heavy (non-hydrogen) atoms. The Morgan fingerprint density at radius 3 is 2.24 bits per heavy atom. The quantitative estimate of drug-likeness (QED) is 0.542. The number of nitrogens with two attached hydrogens (primary N) is 1. The number of aromatic hydroxyl groups is 1. The summed E-state index contributed by atoms with van der Waals surface area (Å²) in [5.41, 5.74) is 10.1. The molecule has 112 valence electrons. The van der Waals surface area contributed by atoms with Gasteiger partial charge in [-0.1, -0.05) is 20.8 Å². The second kappa shape index (κ2) is 6.53. The fourth-order valence-electron chi connectivity index (χ4n) is 2.62. The molecule has 0 fully saturated rings. The number of phenolic OH excluding ortho intramolecular Hbond substituents is 1. The highest BCUT2D eigenvalue weighted by atomic mass is 16.3. The lowest BCUT2D eigenvalue weighted by Gasteiger charge is -2.18. The second-order valence-electron chi connectivity index (χ2n) is 6.05. The number of rotatable bonds is 5. The topological polar surface area (TPSA) is 58.3 Å². The lowest BCUT2D eigenvalue weighted by atomic mass is 9.90. The summed E-state index contributed by atoms with van der Waals surface area (Å²) in [6.45, 7) is 6.67. The molecule has 0 aliphatic heterocycles. The minimum atomic E-state index is 0.268. The maximum Gasteiger partial charge on any atom is 0.115 e. The van der Waals surface area contributed by atoms with Crippen LogP contribution in [-0.4, -0.2) is 5.11 Å². The molecule has 1 atom stereocenters. The Bertz CT molecular complexity index is 591. The van der Waals surface area contributed by atoms with Crippen LogP contribution in [0.2, 0.25) is 0 Å². The third kappa shape index (κ3) is 4.15. The summed E-state index contributed by atoms with van der Waals surface area (Å²) in [6, 6.07) is 13.1. The van der Waals surface area contributed by atoms with E-state index in [2.05, 4.69) is 32.2 Å². The molecule has 4 N–H and O–H groups in total. The van der Waals surface area contributed by atoms with E-state index in [-0.39, 0.29) is 5.75 Å². The van der Waals surface area contributed by atoms with Crippen molar-refractivity contribution in [3.05, 3.63) is 48.0 Å². The summed E-state index contributed by atoms with van der Waals surface area (Å²) in [6.07, 6.45) is 1.12. The summed E-state index contributed by atoms with van der Waals surface area (Å²) >= 11 is 0. The van der Waals surface area contributed by atoms with Crippen LogP contribution in [-0.2, 0) is 0 Å². The zero-order valence-electron chi connectivity index (χ0n) is 12.9. The molecule has 0 aliphatic carbocycles. The Labute approximate surface area is 126 Å². The molecule has 2 rings (SSSR count). The number of phenols is 1.